The molecule has 0 saturated carbocycles. The molecule has 0 aliphatic carbocycles. The second-order valence-electron chi connectivity index (χ2n) is 4.86. The van der Waals surface area contributed by atoms with E-state index >= 15 is 0 Å². The predicted molar refractivity (Wildman–Crippen MR) is 88.5 cm³/mol. The molecule has 0 aliphatic heterocycles. The molecule has 2 aromatic rings. The van der Waals surface area contributed by atoms with Crippen molar-refractivity contribution >= 4 is 17.9 Å². The Hall–Kier alpha value is -3.08. The number of carbonyl (C=O) groups excluding carboxylic acids is 2. The van der Waals surface area contributed by atoms with Gasteiger partial charge in [0.1, 0.15) is 11.8 Å². The fourth-order valence-electron chi connectivity index (χ4n) is 2.07. The number of hydrogen-bond acceptors (Lipinski definition) is 3. The molecule has 1 unspecified atom stereocenters. The average Bonchev–Trinajstić information content (AvgIpc) is 2.58. The molecular formula is C18H18N2O3. The van der Waals surface area contributed by atoms with E-state index in [1.807, 2.05) is 24.3 Å². The molecule has 0 aromatic heterocycles. The third-order valence-corrected chi connectivity index (χ3v) is 3.22. The van der Waals surface area contributed by atoms with Gasteiger partial charge in [-0.3, -0.25) is 9.59 Å². The van der Waals surface area contributed by atoms with Crippen LogP contribution in [-0.2, 0) is 9.59 Å². The average molecular weight is 310 g/mol. The number of benzene rings is 2. The standard InChI is InChI=1S/C18H18N2O3/c1-23-15-9-5-6-13(12-15)10-11-16(21)20-17(18(19)22)14-7-3-2-4-8-14/h2-12,17H,1H3,(H2,19,22)(H,20,21)/b11-10+. The first kappa shape index (κ1) is 16.3. The van der Waals surface area contributed by atoms with E-state index in [1.165, 1.54) is 6.08 Å². The van der Waals surface area contributed by atoms with Crippen molar-refractivity contribution < 1.29 is 14.3 Å². The number of carbonyl (C=O) groups is 2. The van der Waals surface area contributed by atoms with Gasteiger partial charge in [-0.15, -0.1) is 0 Å². The van der Waals surface area contributed by atoms with Gasteiger partial charge in [0.15, 0.2) is 0 Å². The number of hydrogen-bond donors (Lipinski definition) is 2. The molecule has 2 rings (SSSR count). The lowest BCUT2D eigenvalue weighted by Gasteiger charge is -2.14. The van der Waals surface area contributed by atoms with Crippen LogP contribution in [0.4, 0.5) is 0 Å². The molecule has 0 aliphatic rings. The molecule has 0 radical (unpaired) electrons. The van der Waals surface area contributed by atoms with Crippen molar-refractivity contribution in [3.63, 3.8) is 0 Å². The molecule has 0 fully saturated rings. The van der Waals surface area contributed by atoms with Crippen molar-refractivity contribution in [2.45, 2.75) is 6.04 Å². The van der Waals surface area contributed by atoms with Crippen LogP contribution in [0.15, 0.2) is 60.7 Å². The number of nitrogens with one attached hydrogen (secondary N) is 1. The van der Waals surface area contributed by atoms with E-state index in [0.717, 1.165) is 5.56 Å². The Balaban J connectivity index is 2.07. The zero-order chi connectivity index (χ0) is 16.7. The third-order valence-electron chi connectivity index (χ3n) is 3.22. The molecule has 5 heteroatoms. The maximum absolute atomic E-state index is 12.0. The van der Waals surface area contributed by atoms with E-state index in [9.17, 15) is 9.59 Å². The maximum Gasteiger partial charge on any atom is 0.244 e. The zero-order valence-corrected chi connectivity index (χ0v) is 12.7. The Morgan fingerprint density at radius 1 is 1.13 bits per heavy atom. The summed E-state index contributed by atoms with van der Waals surface area (Å²) in [5, 5.41) is 2.60. The van der Waals surface area contributed by atoms with Gasteiger partial charge in [0.05, 0.1) is 7.11 Å². The minimum atomic E-state index is -0.862. The summed E-state index contributed by atoms with van der Waals surface area (Å²) in [6.45, 7) is 0. The van der Waals surface area contributed by atoms with Crippen LogP contribution in [0.3, 0.4) is 0 Å². The molecule has 5 nitrogen and oxygen atoms in total. The SMILES string of the molecule is COc1cccc(/C=C/C(=O)NC(C(N)=O)c2ccccc2)c1. The summed E-state index contributed by atoms with van der Waals surface area (Å²) in [5.74, 6) is -0.313. The number of nitrogens with two attached hydrogens (primary N) is 1. The van der Waals surface area contributed by atoms with E-state index in [-0.39, 0.29) is 0 Å². The molecule has 0 bridgehead atoms. The van der Waals surface area contributed by atoms with Crippen molar-refractivity contribution in [2.75, 3.05) is 7.11 Å². The highest BCUT2D eigenvalue weighted by molar-refractivity contribution is 5.95. The van der Waals surface area contributed by atoms with Gasteiger partial charge < -0.3 is 15.8 Å². The molecule has 1 atom stereocenters. The number of ether oxygens (including phenoxy) is 1. The van der Waals surface area contributed by atoms with Crippen LogP contribution in [0.25, 0.3) is 6.08 Å². The summed E-state index contributed by atoms with van der Waals surface area (Å²) in [5.41, 5.74) is 6.82. The first-order valence-corrected chi connectivity index (χ1v) is 7.07. The Kier molecular flexibility index (Phi) is 5.52. The van der Waals surface area contributed by atoms with E-state index < -0.39 is 17.9 Å². The molecule has 3 N–H and O–H groups in total. The quantitative estimate of drug-likeness (QED) is 0.801. The lowest BCUT2D eigenvalue weighted by molar-refractivity contribution is -0.125. The second kappa shape index (κ2) is 7.79. The summed E-state index contributed by atoms with van der Waals surface area (Å²) < 4.78 is 5.12. The van der Waals surface area contributed by atoms with Crippen LogP contribution >= 0.6 is 0 Å². The molecule has 23 heavy (non-hydrogen) atoms. The molecule has 2 amide bonds. The summed E-state index contributed by atoms with van der Waals surface area (Å²) in [6.07, 6.45) is 2.99. The van der Waals surface area contributed by atoms with Gasteiger partial charge in [-0.25, -0.2) is 0 Å². The van der Waals surface area contributed by atoms with Crippen LogP contribution in [0.1, 0.15) is 17.2 Å². The lowest BCUT2D eigenvalue weighted by atomic mass is 10.1. The highest BCUT2D eigenvalue weighted by Gasteiger charge is 2.18. The van der Waals surface area contributed by atoms with Crippen LogP contribution < -0.4 is 15.8 Å². The highest BCUT2D eigenvalue weighted by atomic mass is 16.5. The molecular weight excluding hydrogens is 292 g/mol. The van der Waals surface area contributed by atoms with Gasteiger partial charge in [-0.05, 0) is 29.3 Å². The fraction of sp³-hybridized carbons (Fsp3) is 0.111. The summed E-state index contributed by atoms with van der Waals surface area (Å²) >= 11 is 0. The van der Waals surface area contributed by atoms with Crippen LogP contribution in [0.5, 0.6) is 5.75 Å². The summed E-state index contributed by atoms with van der Waals surface area (Å²) in [6, 6.07) is 15.3. The summed E-state index contributed by atoms with van der Waals surface area (Å²) in [4.78, 5) is 23.6. The Labute approximate surface area is 134 Å². The van der Waals surface area contributed by atoms with Gasteiger partial charge in [0.2, 0.25) is 11.8 Å². The lowest BCUT2D eigenvalue weighted by Crippen LogP contribution is -2.36. The Morgan fingerprint density at radius 3 is 2.52 bits per heavy atom. The minimum absolute atomic E-state index is 0.402. The van der Waals surface area contributed by atoms with Gasteiger partial charge in [0.25, 0.3) is 0 Å². The van der Waals surface area contributed by atoms with Crippen molar-refractivity contribution in [3.05, 3.63) is 71.8 Å². The molecule has 0 spiro atoms. The second-order valence-corrected chi connectivity index (χ2v) is 4.86. The smallest absolute Gasteiger partial charge is 0.244 e. The van der Waals surface area contributed by atoms with Crippen molar-refractivity contribution in [1.82, 2.24) is 5.32 Å². The first-order valence-electron chi connectivity index (χ1n) is 7.07. The Bertz CT molecular complexity index is 711. The predicted octanol–water partition coefficient (Wildman–Crippen LogP) is 2.05. The minimum Gasteiger partial charge on any atom is -0.497 e. The van der Waals surface area contributed by atoms with Crippen LogP contribution in [0.2, 0.25) is 0 Å². The molecule has 0 heterocycles. The largest absolute Gasteiger partial charge is 0.497 e. The van der Waals surface area contributed by atoms with Crippen molar-refractivity contribution in [3.8, 4) is 5.75 Å². The monoisotopic (exact) mass is 310 g/mol. The van der Waals surface area contributed by atoms with Crippen molar-refractivity contribution in [2.24, 2.45) is 5.73 Å². The number of methoxy groups -OCH3 is 1. The van der Waals surface area contributed by atoms with Gasteiger partial charge in [-0.1, -0.05) is 42.5 Å². The van der Waals surface area contributed by atoms with Crippen LogP contribution in [-0.4, -0.2) is 18.9 Å². The fourth-order valence-corrected chi connectivity index (χ4v) is 2.07. The topological polar surface area (TPSA) is 81.4 Å². The van der Waals surface area contributed by atoms with Gasteiger partial charge >= 0.3 is 0 Å². The Morgan fingerprint density at radius 2 is 1.87 bits per heavy atom. The maximum atomic E-state index is 12.0. The highest BCUT2D eigenvalue weighted by Crippen LogP contribution is 2.14. The van der Waals surface area contributed by atoms with E-state index in [2.05, 4.69) is 5.32 Å². The van der Waals surface area contributed by atoms with Gasteiger partial charge in [-0.2, -0.15) is 0 Å². The number of rotatable bonds is 6. The van der Waals surface area contributed by atoms with E-state index in [0.29, 0.717) is 11.3 Å². The molecule has 2 aromatic carbocycles. The van der Waals surface area contributed by atoms with Gasteiger partial charge in [0, 0.05) is 6.08 Å². The van der Waals surface area contributed by atoms with Crippen molar-refractivity contribution in [1.29, 1.82) is 0 Å². The molecule has 0 saturated heterocycles. The van der Waals surface area contributed by atoms with E-state index in [1.54, 1.807) is 43.5 Å². The first-order chi connectivity index (χ1) is 11.1. The van der Waals surface area contributed by atoms with E-state index in [4.69, 9.17) is 10.5 Å². The van der Waals surface area contributed by atoms with Crippen LogP contribution in [0, 0.1) is 0 Å². The molecule has 118 valence electrons. The normalized spacial score (nSPS) is 11.9. The third kappa shape index (κ3) is 4.71. The summed E-state index contributed by atoms with van der Waals surface area (Å²) in [7, 11) is 1.58. The number of primary amides is 1. The zero-order valence-electron chi connectivity index (χ0n) is 12.7. The number of amides is 2.